The van der Waals surface area contributed by atoms with Crippen molar-refractivity contribution in [2.24, 2.45) is 5.73 Å². The van der Waals surface area contributed by atoms with Crippen molar-refractivity contribution in [1.29, 1.82) is 0 Å². The fourth-order valence-corrected chi connectivity index (χ4v) is 1.78. The first kappa shape index (κ1) is 17.3. The Bertz CT molecular complexity index is 483. The van der Waals surface area contributed by atoms with Gasteiger partial charge in [-0.15, -0.1) is 0 Å². The fraction of sp³-hybridized carbons (Fsp3) is 0.533. The molecule has 0 saturated carbocycles. The topological polar surface area (TPSA) is 93.8 Å². The number of carbonyl (C=O) groups excluding carboxylic acids is 1. The molecular formula is C15H24N2O4. The average molecular weight is 296 g/mol. The van der Waals surface area contributed by atoms with Gasteiger partial charge in [-0.3, -0.25) is 5.32 Å². The summed E-state index contributed by atoms with van der Waals surface area (Å²) in [5, 5.41) is 12.8. The number of aliphatic hydroxyl groups is 1. The van der Waals surface area contributed by atoms with Crippen LogP contribution in [0.15, 0.2) is 18.2 Å². The van der Waals surface area contributed by atoms with E-state index >= 15 is 0 Å². The predicted molar refractivity (Wildman–Crippen MR) is 81.5 cm³/mol. The summed E-state index contributed by atoms with van der Waals surface area (Å²) in [6, 6.07) is 5.04. The minimum Gasteiger partial charge on any atom is -0.497 e. The molecule has 0 saturated heterocycles. The highest BCUT2D eigenvalue weighted by atomic mass is 16.6. The van der Waals surface area contributed by atoms with E-state index in [2.05, 4.69) is 5.32 Å². The smallest absolute Gasteiger partial charge is 0.412 e. The quantitative estimate of drug-likeness (QED) is 0.776. The molecule has 0 spiro atoms. The van der Waals surface area contributed by atoms with E-state index in [1.165, 1.54) is 7.11 Å². The van der Waals surface area contributed by atoms with Crippen LogP contribution in [0.2, 0.25) is 0 Å². The van der Waals surface area contributed by atoms with Crippen LogP contribution in [0.25, 0.3) is 0 Å². The highest BCUT2D eigenvalue weighted by Gasteiger charge is 2.19. The second kappa shape index (κ2) is 7.28. The van der Waals surface area contributed by atoms with Crippen LogP contribution in [0.1, 0.15) is 38.9 Å². The Morgan fingerprint density at radius 1 is 1.43 bits per heavy atom. The summed E-state index contributed by atoms with van der Waals surface area (Å²) in [6.07, 6.45) is -0.972. The summed E-state index contributed by atoms with van der Waals surface area (Å²) < 4.78 is 10.3. The van der Waals surface area contributed by atoms with Crippen molar-refractivity contribution >= 4 is 11.8 Å². The van der Waals surface area contributed by atoms with Gasteiger partial charge >= 0.3 is 6.09 Å². The molecule has 1 aromatic rings. The van der Waals surface area contributed by atoms with E-state index in [9.17, 15) is 9.90 Å². The molecule has 6 nitrogen and oxygen atoms in total. The van der Waals surface area contributed by atoms with Gasteiger partial charge in [0, 0.05) is 5.56 Å². The van der Waals surface area contributed by atoms with Gasteiger partial charge in [0.2, 0.25) is 0 Å². The number of anilines is 1. The van der Waals surface area contributed by atoms with Crippen LogP contribution in [-0.4, -0.2) is 30.5 Å². The molecule has 0 aliphatic carbocycles. The first-order valence-corrected chi connectivity index (χ1v) is 6.83. The van der Waals surface area contributed by atoms with E-state index in [-0.39, 0.29) is 0 Å². The number of hydrogen-bond acceptors (Lipinski definition) is 5. The minimum atomic E-state index is -0.782. The number of rotatable bonds is 5. The fourth-order valence-electron chi connectivity index (χ4n) is 1.78. The van der Waals surface area contributed by atoms with Crippen molar-refractivity contribution in [1.82, 2.24) is 0 Å². The van der Waals surface area contributed by atoms with Gasteiger partial charge in [-0.1, -0.05) is 0 Å². The van der Waals surface area contributed by atoms with E-state index in [0.717, 1.165) is 0 Å². The number of aliphatic hydroxyl groups excluding tert-OH is 1. The zero-order valence-corrected chi connectivity index (χ0v) is 13.0. The van der Waals surface area contributed by atoms with E-state index in [1.54, 1.807) is 39.0 Å². The van der Waals surface area contributed by atoms with Gasteiger partial charge in [-0.2, -0.15) is 0 Å². The van der Waals surface area contributed by atoms with E-state index < -0.39 is 17.8 Å². The lowest BCUT2D eigenvalue weighted by atomic mass is 10.0. The number of nitrogens with two attached hydrogens (primary N) is 1. The Balaban J connectivity index is 2.97. The van der Waals surface area contributed by atoms with E-state index in [4.69, 9.17) is 15.2 Å². The van der Waals surface area contributed by atoms with Crippen LogP contribution < -0.4 is 15.8 Å². The average Bonchev–Trinajstić information content (AvgIpc) is 2.37. The zero-order valence-electron chi connectivity index (χ0n) is 13.0. The highest BCUT2D eigenvalue weighted by molar-refractivity contribution is 5.86. The van der Waals surface area contributed by atoms with Crippen LogP contribution in [0.3, 0.4) is 0 Å². The summed E-state index contributed by atoms with van der Waals surface area (Å²) in [6.45, 7) is 5.69. The molecule has 0 aliphatic rings. The second-order valence-electron chi connectivity index (χ2n) is 5.67. The second-order valence-corrected chi connectivity index (χ2v) is 5.67. The van der Waals surface area contributed by atoms with Gasteiger partial charge in [0.1, 0.15) is 11.4 Å². The number of ether oxygens (including phenoxy) is 2. The van der Waals surface area contributed by atoms with Gasteiger partial charge in [-0.05, 0) is 51.9 Å². The standard InChI is InChI=1S/C15H24N2O4/c1-15(2,3)21-14(19)17-12-6-5-10(20-4)9-11(12)13(18)7-8-16/h5-6,9,13,18H,7-8,16H2,1-4H3,(H,17,19)/t13-/m0/s1. The van der Waals surface area contributed by atoms with E-state index in [1.807, 2.05) is 0 Å². The molecule has 118 valence electrons. The molecule has 4 N–H and O–H groups in total. The molecule has 21 heavy (non-hydrogen) atoms. The maximum absolute atomic E-state index is 11.8. The summed E-state index contributed by atoms with van der Waals surface area (Å²) >= 11 is 0. The number of methoxy groups -OCH3 is 1. The third-order valence-corrected chi connectivity index (χ3v) is 2.69. The SMILES string of the molecule is COc1ccc(NC(=O)OC(C)(C)C)c([C@@H](O)CCN)c1. The minimum absolute atomic E-state index is 0.338. The number of benzene rings is 1. The molecule has 6 heteroatoms. The molecule has 1 amide bonds. The molecule has 1 atom stereocenters. The molecule has 0 bridgehead atoms. The lowest BCUT2D eigenvalue weighted by Gasteiger charge is -2.21. The van der Waals surface area contributed by atoms with Crippen molar-refractivity contribution in [3.05, 3.63) is 23.8 Å². The molecule has 1 rings (SSSR count). The van der Waals surface area contributed by atoms with Gasteiger partial charge in [-0.25, -0.2) is 4.79 Å². The lowest BCUT2D eigenvalue weighted by molar-refractivity contribution is 0.0635. The van der Waals surface area contributed by atoms with Gasteiger partial charge < -0.3 is 20.3 Å². The van der Waals surface area contributed by atoms with E-state index in [0.29, 0.717) is 30.0 Å². The Morgan fingerprint density at radius 2 is 2.10 bits per heavy atom. The van der Waals surface area contributed by atoms with Crippen molar-refractivity contribution in [3.63, 3.8) is 0 Å². The summed E-state index contributed by atoms with van der Waals surface area (Å²) in [4.78, 5) is 11.8. The van der Waals surface area contributed by atoms with Crippen LogP contribution in [0, 0.1) is 0 Å². The summed E-state index contributed by atoms with van der Waals surface area (Å²) in [7, 11) is 1.54. The maximum Gasteiger partial charge on any atom is 0.412 e. The normalized spacial score (nSPS) is 12.7. The number of hydrogen-bond donors (Lipinski definition) is 3. The first-order valence-electron chi connectivity index (χ1n) is 6.83. The first-order chi connectivity index (χ1) is 9.76. The van der Waals surface area contributed by atoms with Crippen molar-refractivity contribution in [3.8, 4) is 5.75 Å². The number of carbonyl (C=O) groups is 1. The molecule has 0 aliphatic heterocycles. The Labute approximate surface area is 125 Å². The molecular weight excluding hydrogens is 272 g/mol. The highest BCUT2D eigenvalue weighted by Crippen LogP contribution is 2.29. The molecule has 0 heterocycles. The van der Waals surface area contributed by atoms with Gasteiger partial charge in [0.05, 0.1) is 18.9 Å². The third-order valence-electron chi connectivity index (χ3n) is 2.69. The Hall–Kier alpha value is -1.79. The molecule has 1 aromatic carbocycles. The maximum atomic E-state index is 11.8. The largest absolute Gasteiger partial charge is 0.497 e. The third kappa shape index (κ3) is 5.61. The van der Waals surface area contributed by atoms with Gasteiger partial charge in [0.15, 0.2) is 0 Å². The predicted octanol–water partition coefficient (Wildman–Crippen LogP) is 2.42. The van der Waals surface area contributed by atoms with Crippen molar-refractivity contribution in [2.75, 3.05) is 19.0 Å². The van der Waals surface area contributed by atoms with Crippen LogP contribution in [-0.2, 0) is 4.74 Å². The monoisotopic (exact) mass is 296 g/mol. The Kier molecular flexibility index (Phi) is 5.99. The van der Waals surface area contributed by atoms with Crippen molar-refractivity contribution in [2.45, 2.75) is 38.9 Å². The molecule has 0 radical (unpaired) electrons. The molecule has 0 aromatic heterocycles. The summed E-state index contributed by atoms with van der Waals surface area (Å²) in [5.74, 6) is 0.593. The Morgan fingerprint density at radius 3 is 2.62 bits per heavy atom. The lowest BCUT2D eigenvalue weighted by Crippen LogP contribution is -2.27. The number of amides is 1. The van der Waals surface area contributed by atoms with Crippen LogP contribution >= 0.6 is 0 Å². The van der Waals surface area contributed by atoms with Crippen molar-refractivity contribution < 1.29 is 19.4 Å². The van der Waals surface area contributed by atoms with Gasteiger partial charge in [0.25, 0.3) is 0 Å². The molecule has 0 fully saturated rings. The number of nitrogens with one attached hydrogen (secondary N) is 1. The van der Waals surface area contributed by atoms with Crippen LogP contribution in [0.4, 0.5) is 10.5 Å². The van der Waals surface area contributed by atoms with Crippen LogP contribution in [0.5, 0.6) is 5.75 Å². The zero-order chi connectivity index (χ0) is 16.0. The molecule has 0 unspecified atom stereocenters. The summed E-state index contributed by atoms with van der Waals surface area (Å²) in [5.41, 5.74) is 5.90.